The first kappa shape index (κ1) is 16.0. The normalized spacial score (nSPS) is 23.6. The summed E-state index contributed by atoms with van der Waals surface area (Å²) in [6.07, 6.45) is 3.77. The minimum absolute atomic E-state index is 0.126. The van der Waals surface area contributed by atoms with Crippen LogP contribution in [-0.4, -0.2) is 49.2 Å². The monoisotopic (exact) mass is 366 g/mol. The number of hydrogen-bond donors (Lipinski definition) is 1. The fourth-order valence-electron chi connectivity index (χ4n) is 3.35. The molecule has 2 heterocycles. The van der Waals surface area contributed by atoms with Gasteiger partial charge in [-0.05, 0) is 37.0 Å². The molecule has 0 bridgehead atoms. The molecule has 5 heteroatoms. The SMILES string of the molecule is O=C(Cc1ccc(Br)cc1)NC1CCN(C2CCOCC2)C1. The molecule has 0 aliphatic carbocycles. The van der Waals surface area contributed by atoms with E-state index >= 15 is 0 Å². The van der Waals surface area contributed by atoms with Crippen molar-refractivity contribution < 1.29 is 9.53 Å². The van der Waals surface area contributed by atoms with Gasteiger partial charge in [-0.2, -0.15) is 0 Å². The molecule has 1 aromatic carbocycles. The highest BCUT2D eigenvalue weighted by Crippen LogP contribution is 2.20. The van der Waals surface area contributed by atoms with E-state index in [2.05, 4.69) is 26.1 Å². The molecule has 2 aliphatic heterocycles. The summed E-state index contributed by atoms with van der Waals surface area (Å²) in [5.41, 5.74) is 1.06. The molecule has 1 amide bonds. The summed E-state index contributed by atoms with van der Waals surface area (Å²) in [5, 5.41) is 3.19. The van der Waals surface area contributed by atoms with Crippen molar-refractivity contribution in [2.24, 2.45) is 0 Å². The van der Waals surface area contributed by atoms with Crippen molar-refractivity contribution in [3.05, 3.63) is 34.3 Å². The molecule has 3 rings (SSSR count). The molecule has 0 saturated carbocycles. The van der Waals surface area contributed by atoms with Crippen molar-refractivity contribution in [1.29, 1.82) is 0 Å². The van der Waals surface area contributed by atoms with Gasteiger partial charge < -0.3 is 10.1 Å². The van der Waals surface area contributed by atoms with Crippen LogP contribution in [0.5, 0.6) is 0 Å². The highest BCUT2D eigenvalue weighted by Gasteiger charge is 2.29. The number of hydrogen-bond acceptors (Lipinski definition) is 3. The molecule has 4 nitrogen and oxygen atoms in total. The zero-order valence-corrected chi connectivity index (χ0v) is 14.3. The van der Waals surface area contributed by atoms with E-state index in [1.165, 1.54) is 0 Å². The number of rotatable bonds is 4. The van der Waals surface area contributed by atoms with Gasteiger partial charge in [0, 0.05) is 42.9 Å². The highest BCUT2D eigenvalue weighted by molar-refractivity contribution is 9.10. The molecule has 2 saturated heterocycles. The Bertz CT molecular complexity index is 500. The zero-order chi connectivity index (χ0) is 15.4. The van der Waals surface area contributed by atoms with Crippen LogP contribution in [-0.2, 0) is 16.0 Å². The summed E-state index contributed by atoms with van der Waals surface area (Å²) in [6, 6.07) is 8.88. The molecule has 1 aromatic rings. The number of halogens is 1. The lowest BCUT2D eigenvalue weighted by atomic mass is 10.1. The van der Waals surface area contributed by atoms with Crippen LogP contribution in [0.1, 0.15) is 24.8 Å². The number of carbonyl (C=O) groups excluding carboxylic acids is 1. The van der Waals surface area contributed by atoms with E-state index < -0.39 is 0 Å². The van der Waals surface area contributed by atoms with Crippen molar-refractivity contribution in [3.63, 3.8) is 0 Å². The van der Waals surface area contributed by atoms with Gasteiger partial charge in [0.15, 0.2) is 0 Å². The standard InChI is InChI=1S/C17H23BrN2O2/c18-14-3-1-13(2-4-14)11-17(21)19-15-5-8-20(12-15)16-6-9-22-10-7-16/h1-4,15-16H,5-12H2,(H,19,21). The average Bonchev–Trinajstić information content (AvgIpc) is 2.99. The lowest BCUT2D eigenvalue weighted by Crippen LogP contribution is -2.42. The van der Waals surface area contributed by atoms with E-state index in [-0.39, 0.29) is 5.91 Å². The van der Waals surface area contributed by atoms with Crippen LogP contribution >= 0.6 is 15.9 Å². The van der Waals surface area contributed by atoms with Crippen LogP contribution in [0.2, 0.25) is 0 Å². The van der Waals surface area contributed by atoms with E-state index in [9.17, 15) is 4.79 Å². The van der Waals surface area contributed by atoms with Gasteiger partial charge >= 0.3 is 0 Å². The van der Waals surface area contributed by atoms with Gasteiger partial charge in [0.2, 0.25) is 5.91 Å². The van der Waals surface area contributed by atoms with Crippen molar-refractivity contribution in [1.82, 2.24) is 10.2 Å². The Balaban J connectivity index is 1.45. The second kappa shape index (κ2) is 7.57. The third-order valence-electron chi connectivity index (χ3n) is 4.57. The molecular weight excluding hydrogens is 344 g/mol. The predicted molar refractivity (Wildman–Crippen MR) is 89.8 cm³/mol. The van der Waals surface area contributed by atoms with Crippen molar-refractivity contribution in [2.45, 2.75) is 37.8 Å². The van der Waals surface area contributed by atoms with Crippen molar-refractivity contribution in [3.8, 4) is 0 Å². The first-order chi connectivity index (χ1) is 10.7. The third kappa shape index (κ3) is 4.31. The van der Waals surface area contributed by atoms with Gasteiger partial charge in [0.05, 0.1) is 6.42 Å². The number of nitrogens with zero attached hydrogens (tertiary/aromatic N) is 1. The molecule has 0 radical (unpaired) electrons. The number of ether oxygens (including phenoxy) is 1. The molecule has 1 N–H and O–H groups in total. The van der Waals surface area contributed by atoms with Gasteiger partial charge in [0.1, 0.15) is 0 Å². The highest BCUT2D eigenvalue weighted by atomic mass is 79.9. The molecule has 0 spiro atoms. The number of nitrogens with one attached hydrogen (secondary N) is 1. The van der Waals surface area contributed by atoms with Gasteiger partial charge in [-0.25, -0.2) is 0 Å². The van der Waals surface area contributed by atoms with Crippen LogP contribution in [0.4, 0.5) is 0 Å². The summed E-state index contributed by atoms with van der Waals surface area (Å²) in [7, 11) is 0. The Morgan fingerprint density at radius 2 is 1.95 bits per heavy atom. The maximum Gasteiger partial charge on any atom is 0.224 e. The zero-order valence-electron chi connectivity index (χ0n) is 12.8. The molecule has 120 valence electrons. The number of benzene rings is 1. The molecular formula is C17H23BrN2O2. The average molecular weight is 367 g/mol. The molecule has 22 heavy (non-hydrogen) atoms. The fraction of sp³-hybridized carbons (Fsp3) is 0.588. The maximum absolute atomic E-state index is 12.2. The fourth-order valence-corrected chi connectivity index (χ4v) is 3.62. The Hall–Kier alpha value is -0.910. The summed E-state index contributed by atoms with van der Waals surface area (Å²) in [4.78, 5) is 14.7. The number of likely N-dealkylation sites (tertiary alicyclic amines) is 1. The van der Waals surface area contributed by atoms with Gasteiger partial charge in [-0.3, -0.25) is 9.69 Å². The first-order valence-corrected chi connectivity index (χ1v) is 8.85. The topological polar surface area (TPSA) is 41.6 Å². The van der Waals surface area contributed by atoms with Crippen molar-refractivity contribution in [2.75, 3.05) is 26.3 Å². The quantitative estimate of drug-likeness (QED) is 0.889. The van der Waals surface area contributed by atoms with E-state index in [4.69, 9.17) is 4.74 Å². The lowest BCUT2D eigenvalue weighted by Gasteiger charge is -2.31. The first-order valence-electron chi connectivity index (χ1n) is 8.06. The second-order valence-corrected chi connectivity index (χ2v) is 7.11. The Morgan fingerprint density at radius 3 is 2.68 bits per heavy atom. The Morgan fingerprint density at radius 1 is 1.23 bits per heavy atom. The van der Waals surface area contributed by atoms with E-state index in [1.807, 2.05) is 24.3 Å². The van der Waals surface area contributed by atoms with Crippen LogP contribution in [0.25, 0.3) is 0 Å². The van der Waals surface area contributed by atoms with Crippen LogP contribution < -0.4 is 5.32 Å². The van der Waals surface area contributed by atoms with E-state index in [0.29, 0.717) is 18.5 Å². The summed E-state index contributed by atoms with van der Waals surface area (Å²) < 4.78 is 6.47. The van der Waals surface area contributed by atoms with Crippen LogP contribution in [0.15, 0.2) is 28.7 Å². The minimum atomic E-state index is 0.126. The number of carbonyl (C=O) groups is 1. The van der Waals surface area contributed by atoms with Crippen molar-refractivity contribution >= 4 is 21.8 Å². The minimum Gasteiger partial charge on any atom is -0.381 e. The summed E-state index contributed by atoms with van der Waals surface area (Å²) >= 11 is 3.41. The lowest BCUT2D eigenvalue weighted by molar-refractivity contribution is -0.121. The smallest absolute Gasteiger partial charge is 0.224 e. The molecule has 2 fully saturated rings. The molecule has 1 unspecified atom stereocenters. The van der Waals surface area contributed by atoms with Gasteiger partial charge in [-0.15, -0.1) is 0 Å². The van der Waals surface area contributed by atoms with Gasteiger partial charge in [-0.1, -0.05) is 28.1 Å². The largest absolute Gasteiger partial charge is 0.381 e. The summed E-state index contributed by atoms with van der Waals surface area (Å²) in [5.74, 6) is 0.126. The second-order valence-electron chi connectivity index (χ2n) is 6.19. The van der Waals surface area contributed by atoms with E-state index in [1.54, 1.807) is 0 Å². The van der Waals surface area contributed by atoms with Crippen LogP contribution in [0, 0.1) is 0 Å². The van der Waals surface area contributed by atoms with E-state index in [0.717, 1.165) is 55.6 Å². The third-order valence-corrected chi connectivity index (χ3v) is 5.10. The maximum atomic E-state index is 12.2. The molecule has 1 atom stereocenters. The van der Waals surface area contributed by atoms with Gasteiger partial charge in [0.25, 0.3) is 0 Å². The predicted octanol–water partition coefficient (Wildman–Crippen LogP) is 2.36. The molecule has 2 aliphatic rings. The number of amides is 1. The Kier molecular flexibility index (Phi) is 5.50. The molecule has 0 aromatic heterocycles. The Labute approximate surface area is 140 Å². The summed E-state index contributed by atoms with van der Waals surface area (Å²) in [6.45, 7) is 3.83. The van der Waals surface area contributed by atoms with Crippen LogP contribution in [0.3, 0.4) is 0 Å².